The number of fused-ring (bicyclic) bond motifs is 4. The number of hydrogen-bond acceptors (Lipinski definition) is 6. The standard InChI is InChI=1S/C19H22N4O4/c24-16-11-26-8-7-23(16)15-10-27-18-13(15)1-4-20-17(18)19(25)21-14-9-22-5-2-12(14)3-6-22/h1,4,10,12,14H,2-3,5-9,11H2,(H,21,25)/t14-/m0/s1. The number of hydrogen-bond donors (Lipinski definition) is 1. The maximum atomic E-state index is 12.9. The molecule has 0 aliphatic carbocycles. The second-order valence-electron chi connectivity index (χ2n) is 7.47. The summed E-state index contributed by atoms with van der Waals surface area (Å²) in [5, 5.41) is 3.87. The van der Waals surface area contributed by atoms with Crippen LogP contribution >= 0.6 is 0 Å². The summed E-state index contributed by atoms with van der Waals surface area (Å²) in [7, 11) is 0. The maximum Gasteiger partial charge on any atom is 0.274 e. The zero-order chi connectivity index (χ0) is 18.4. The van der Waals surface area contributed by atoms with Gasteiger partial charge in [0.1, 0.15) is 12.9 Å². The van der Waals surface area contributed by atoms with Gasteiger partial charge in [-0.05, 0) is 37.9 Å². The average Bonchev–Trinajstić information content (AvgIpc) is 3.13. The Morgan fingerprint density at radius 3 is 2.85 bits per heavy atom. The van der Waals surface area contributed by atoms with Gasteiger partial charge in [0.05, 0.1) is 12.3 Å². The number of pyridine rings is 1. The number of rotatable bonds is 3. The quantitative estimate of drug-likeness (QED) is 0.868. The minimum Gasteiger partial charge on any atom is -0.460 e. The highest BCUT2D eigenvalue weighted by Gasteiger charge is 2.35. The van der Waals surface area contributed by atoms with Crippen LogP contribution in [0.3, 0.4) is 0 Å². The topological polar surface area (TPSA) is 87.9 Å². The lowest BCUT2D eigenvalue weighted by molar-refractivity contribution is -0.125. The molecular weight excluding hydrogens is 348 g/mol. The minimum atomic E-state index is -0.214. The van der Waals surface area contributed by atoms with Crippen molar-refractivity contribution in [1.82, 2.24) is 15.2 Å². The van der Waals surface area contributed by atoms with E-state index in [1.165, 1.54) is 6.26 Å². The molecule has 142 valence electrons. The van der Waals surface area contributed by atoms with E-state index in [1.807, 2.05) is 0 Å². The van der Waals surface area contributed by atoms with E-state index in [0.717, 1.165) is 37.9 Å². The molecule has 0 radical (unpaired) electrons. The first-order chi connectivity index (χ1) is 13.2. The molecule has 27 heavy (non-hydrogen) atoms. The summed E-state index contributed by atoms with van der Waals surface area (Å²) in [6.45, 7) is 4.16. The monoisotopic (exact) mass is 370 g/mol. The first-order valence-corrected chi connectivity index (χ1v) is 9.48. The summed E-state index contributed by atoms with van der Waals surface area (Å²) >= 11 is 0. The van der Waals surface area contributed by atoms with E-state index in [9.17, 15) is 9.59 Å². The summed E-state index contributed by atoms with van der Waals surface area (Å²) in [5.74, 6) is 0.212. The Hall–Kier alpha value is -2.45. The number of piperidine rings is 3. The molecule has 4 saturated heterocycles. The van der Waals surface area contributed by atoms with Crippen LogP contribution in [0.2, 0.25) is 0 Å². The average molecular weight is 370 g/mol. The molecule has 0 spiro atoms. The number of aromatic nitrogens is 1. The molecule has 4 fully saturated rings. The van der Waals surface area contributed by atoms with E-state index in [2.05, 4.69) is 15.2 Å². The van der Waals surface area contributed by atoms with Gasteiger partial charge < -0.3 is 24.3 Å². The summed E-state index contributed by atoms with van der Waals surface area (Å²) in [6, 6.07) is 1.94. The van der Waals surface area contributed by atoms with E-state index >= 15 is 0 Å². The van der Waals surface area contributed by atoms with Crippen molar-refractivity contribution in [3.63, 3.8) is 0 Å². The minimum absolute atomic E-state index is 0.0602. The molecule has 0 unspecified atom stereocenters. The molecule has 8 heteroatoms. The van der Waals surface area contributed by atoms with Crippen molar-refractivity contribution in [1.29, 1.82) is 0 Å². The van der Waals surface area contributed by atoms with Crippen LogP contribution in [0.4, 0.5) is 5.69 Å². The second kappa shape index (κ2) is 6.61. The molecule has 2 aromatic rings. The van der Waals surface area contributed by atoms with E-state index < -0.39 is 0 Å². The molecule has 6 rings (SSSR count). The predicted molar refractivity (Wildman–Crippen MR) is 97.6 cm³/mol. The van der Waals surface area contributed by atoms with Crippen molar-refractivity contribution in [2.75, 3.05) is 44.3 Å². The lowest BCUT2D eigenvalue weighted by Crippen LogP contribution is -2.57. The zero-order valence-electron chi connectivity index (χ0n) is 15.0. The van der Waals surface area contributed by atoms with Gasteiger partial charge in [0.2, 0.25) is 0 Å². The highest BCUT2D eigenvalue weighted by Crippen LogP contribution is 2.32. The highest BCUT2D eigenvalue weighted by molar-refractivity contribution is 6.09. The second-order valence-corrected chi connectivity index (χ2v) is 7.47. The third-order valence-corrected chi connectivity index (χ3v) is 5.93. The number of amides is 2. The number of nitrogens with one attached hydrogen (secondary N) is 1. The molecule has 0 aromatic carbocycles. The number of carbonyl (C=O) groups excluding carboxylic acids is 2. The first kappa shape index (κ1) is 16.7. The van der Waals surface area contributed by atoms with Gasteiger partial charge in [-0.3, -0.25) is 9.59 Å². The summed E-state index contributed by atoms with van der Waals surface area (Å²) in [5.41, 5.74) is 1.36. The molecule has 1 atom stereocenters. The van der Waals surface area contributed by atoms with Crippen LogP contribution in [0, 0.1) is 5.92 Å². The lowest BCUT2D eigenvalue weighted by atomic mass is 9.84. The summed E-state index contributed by atoms with van der Waals surface area (Å²) < 4.78 is 10.9. The van der Waals surface area contributed by atoms with Crippen molar-refractivity contribution < 1.29 is 18.7 Å². The van der Waals surface area contributed by atoms with Crippen LogP contribution in [0.1, 0.15) is 23.3 Å². The van der Waals surface area contributed by atoms with Gasteiger partial charge in [-0.25, -0.2) is 4.98 Å². The van der Waals surface area contributed by atoms with Gasteiger partial charge in [-0.15, -0.1) is 0 Å². The van der Waals surface area contributed by atoms with Gasteiger partial charge in [0, 0.05) is 30.7 Å². The number of nitrogens with zero attached hydrogens (tertiary/aromatic N) is 3. The van der Waals surface area contributed by atoms with Gasteiger partial charge in [0.25, 0.3) is 11.8 Å². The van der Waals surface area contributed by atoms with Crippen molar-refractivity contribution in [3.05, 3.63) is 24.2 Å². The SMILES string of the molecule is O=C(N[C@H]1CN2CCC1CC2)c1nccc2c(N3CCOCC3=O)coc12. The Kier molecular flexibility index (Phi) is 4.09. The molecule has 6 heterocycles. The lowest BCUT2D eigenvalue weighted by Gasteiger charge is -2.44. The van der Waals surface area contributed by atoms with Crippen molar-refractivity contribution >= 4 is 28.5 Å². The Balaban J connectivity index is 1.42. The van der Waals surface area contributed by atoms with E-state index in [0.29, 0.717) is 30.3 Å². The molecule has 2 amide bonds. The van der Waals surface area contributed by atoms with Crippen molar-refractivity contribution in [3.8, 4) is 0 Å². The fourth-order valence-corrected chi connectivity index (χ4v) is 4.46. The third kappa shape index (κ3) is 2.89. The molecule has 8 nitrogen and oxygen atoms in total. The molecule has 2 aromatic heterocycles. The van der Waals surface area contributed by atoms with Crippen molar-refractivity contribution in [2.24, 2.45) is 5.92 Å². The van der Waals surface area contributed by atoms with Crippen LogP contribution in [0.5, 0.6) is 0 Å². The van der Waals surface area contributed by atoms with E-state index in [-0.39, 0.29) is 30.2 Å². The van der Waals surface area contributed by atoms with Gasteiger partial charge in [-0.2, -0.15) is 0 Å². The molecule has 2 bridgehead atoms. The van der Waals surface area contributed by atoms with Crippen molar-refractivity contribution in [2.45, 2.75) is 18.9 Å². The number of furan rings is 1. The first-order valence-electron chi connectivity index (χ1n) is 9.48. The summed E-state index contributed by atoms with van der Waals surface area (Å²) in [4.78, 5) is 33.4. The van der Waals surface area contributed by atoms with Crippen LogP contribution in [-0.4, -0.2) is 67.1 Å². The Bertz CT molecular complexity index is 887. The number of anilines is 1. The highest BCUT2D eigenvalue weighted by atomic mass is 16.5. The van der Waals surface area contributed by atoms with Crippen LogP contribution in [-0.2, 0) is 9.53 Å². The smallest absolute Gasteiger partial charge is 0.274 e. The zero-order valence-corrected chi connectivity index (χ0v) is 15.0. The molecule has 4 aliphatic rings. The normalized spacial score (nSPS) is 27.9. The fraction of sp³-hybridized carbons (Fsp3) is 0.526. The number of morpholine rings is 1. The Labute approximate surface area is 156 Å². The number of carbonyl (C=O) groups is 2. The van der Waals surface area contributed by atoms with E-state index in [4.69, 9.17) is 9.15 Å². The van der Waals surface area contributed by atoms with Crippen LogP contribution < -0.4 is 10.2 Å². The largest absolute Gasteiger partial charge is 0.460 e. The third-order valence-electron chi connectivity index (χ3n) is 5.93. The van der Waals surface area contributed by atoms with Gasteiger partial charge in [0.15, 0.2) is 11.3 Å². The molecule has 4 aliphatic heterocycles. The van der Waals surface area contributed by atoms with Crippen LogP contribution in [0.25, 0.3) is 11.0 Å². The molecule has 0 saturated carbocycles. The fourth-order valence-electron chi connectivity index (χ4n) is 4.46. The Morgan fingerprint density at radius 1 is 1.26 bits per heavy atom. The maximum absolute atomic E-state index is 12.9. The van der Waals surface area contributed by atoms with Gasteiger partial charge in [-0.1, -0.05) is 0 Å². The predicted octanol–water partition coefficient (Wildman–Crippen LogP) is 1.01. The molecular formula is C19H22N4O4. The molecule has 1 N–H and O–H groups in total. The van der Waals surface area contributed by atoms with Gasteiger partial charge >= 0.3 is 0 Å². The Morgan fingerprint density at radius 2 is 2.11 bits per heavy atom. The number of ether oxygens (including phenoxy) is 1. The van der Waals surface area contributed by atoms with E-state index in [1.54, 1.807) is 17.2 Å². The van der Waals surface area contributed by atoms with Crippen LogP contribution in [0.15, 0.2) is 22.9 Å². The summed E-state index contributed by atoms with van der Waals surface area (Å²) in [6.07, 6.45) is 5.39.